The number of pyridine rings is 1. The first-order chi connectivity index (χ1) is 8.19. The summed E-state index contributed by atoms with van der Waals surface area (Å²) in [6.07, 6.45) is 1.60. The predicted octanol–water partition coefficient (Wildman–Crippen LogP) is 3.23. The summed E-state index contributed by atoms with van der Waals surface area (Å²) in [5.74, 6) is 0.400. The van der Waals surface area contributed by atoms with Gasteiger partial charge in [-0.3, -0.25) is 0 Å². The van der Waals surface area contributed by atoms with E-state index in [0.717, 1.165) is 5.56 Å². The van der Waals surface area contributed by atoms with Gasteiger partial charge in [0.15, 0.2) is 0 Å². The fourth-order valence-corrected chi connectivity index (χ4v) is 1.81. The third-order valence-corrected chi connectivity index (χ3v) is 2.58. The van der Waals surface area contributed by atoms with E-state index < -0.39 is 0 Å². The third kappa shape index (κ3) is 3.01. The molecule has 1 aromatic carbocycles. The molecule has 0 unspecified atom stereocenters. The largest absolute Gasteiger partial charge is 0.439 e. The molecule has 0 spiro atoms. The molecular weight excluding hydrogens is 287 g/mol. The lowest BCUT2D eigenvalue weighted by Gasteiger charge is -2.08. The molecule has 2 aromatic rings. The molecule has 0 saturated carbocycles. The summed E-state index contributed by atoms with van der Waals surface area (Å²) in [7, 11) is 0. The minimum Gasteiger partial charge on any atom is -0.439 e. The first-order valence-electron chi connectivity index (χ1n) is 4.97. The molecule has 0 aliphatic heterocycles. The Morgan fingerprint density at radius 1 is 1.35 bits per heavy atom. The Bertz CT molecular complexity index is 513. The quantitative estimate of drug-likeness (QED) is 0.946. The van der Waals surface area contributed by atoms with Crippen LogP contribution in [0.3, 0.4) is 0 Å². The second kappa shape index (κ2) is 5.25. The van der Waals surface area contributed by atoms with E-state index in [1.54, 1.807) is 18.3 Å². The highest BCUT2D eigenvalue weighted by Crippen LogP contribution is 2.26. The van der Waals surface area contributed by atoms with Crippen LogP contribution in [0.25, 0.3) is 0 Å². The van der Waals surface area contributed by atoms with Crippen LogP contribution in [0.1, 0.15) is 5.56 Å². The van der Waals surface area contributed by atoms with E-state index in [2.05, 4.69) is 20.9 Å². The number of hydrogen-bond acceptors (Lipinski definition) is 3. The molecule has 0 fully saturated rings. The van der Waals surface area contributed by atoms with Crippen molar-refractivity contribution in [3.8, 4) is 11.6 Å². The Labute approximate surface area is 107 Å². The van der Waals surface area contributed by atoms with Crippen molar-refractivity contribution in [2.45, 2.75) is 6.54 Å². The van der Waals surface area contributed by atoms with E-state index >= 15 is 0 Å². The molecule has 0 saturated heterocycles. The molecule has 0 radical (unpaired) electrons. The summed E-state index contributed by atoms with van der Waals surface area (Å²) >= 11 is 3.20. The van der Waals surface area contributed by atoms with Gasteiger partial charge in [0.1, 0.15) is 11.6 Å². The SMILES string of the molecule is NCc1cccnc1Oc1cc(F)cc(Br)c1. The lowest BCUT2D eigenvalue weighted by Crippen LogP contribution is -2.00. The maximum Gasteiger partial charge on any atom is 0.223 e. The van der Waals surface area contributed by atoms with Gasteiger partial charge in [-0.2, -0.15) is 0 Å². The highest BCUT2D eigenvalue weighted by atomic mass is 79.9. The first-order valence-corrected chi connectivity index (χ1v) is 5.76. The number of ether oxygens (including phenoxy) is 1. The molecule has 2 N–H and O–H groups in total. The van der Waals surface area contributed by atoms with E-state index in [1.165, 1.54) is 12.1 Å². The van der Waals surface area contributed by atoms with Gasteiger partial charge in [0.05, 0.1) is 0 Å². The second-order valence-corrected chi connectivity index (χ2v) is 4.29. The highest BCUT2D eigenvalue weighted by molar-refractivity contribution is 9.10. The zero-order valence-corrected chi connectivity index (χ0v) is 10.4. The van der Waals surface area contributed by atoms with E-state index in [4.69, 9.17) is 10.5 Å². The lowest BCUT2D eigenvalue weighted by atomic mass is 10.3. The van der Waals surface area contributed by atoms with E-state index in [1.807, 2.05) is 6.07 Å². The van der Waals surface area contributed by atoms with Crippen LogP contribution in [-0.2, 0) is 6.54 Å². The van der Waals surface area contributed by atoms with Gasteiger partial charge in [-0.15, -0.1) is 0 Å². The van der Waals surface area contributed by atoms with Crippen molar-refractivity contribution in [1.29, 1.82) is 0 Å². The Morgan fingerprint density at radius 2 is 2.18 bits per heavy atom. The van der Waals surface area contributed by atoms with Crippen molar-refractivity contribution in [3.63, 3.8) is 0 Å². The van der Waals surface area contributed by atoms with Crippen molar-refractivity contribution in [2.24, 2.45) is 5.73 Å². The molecule has 0 aliphatic carbocycles. The van der Waals surface area contributed by atoms with Gasteiger partial charge in [0.2, 0.25) is 5.88 Å². The van der Waals surface area contributed by atoms with Crippen LogP contribution in [0.5, 0.6) is 11.6 Å². The van der Waals surface area contributed by atoms with Gasteiger partial charge < -0.3 is 10.5 Å². The standard InChI is InChI=1S/C12H10BrFN2O/c13-9-4-10(14)6-11(5-9)17-12-8(7-15)2-1-3-16-12/h1-6H,7,15H2. The number of aromatic nitrogens is 1. The molecule has 2 rings (SSSR count). The molecule has 17 heavy (non-hydrogen) atoms. The smallest absolute Gasteiger partial charge is 0.223 e. The van der Waals surface area contributed by atoms with Gasteiger partial charge in [0.25, 0.3) is 0 Å². The monoisotopic (exact) mass is 296 g/mol. The first kappa shape index (κ1) is 12.0. The fraction of sp³-hybridized carbons (Fsp3) is 0.0833. The molecule has 88 valence electrons. The van der Waals surface area contributed by atoms with Gasteiger partial charge in [0, 0.05) is 28.8 Å². The van der Waals surface area contributed by atoms with Crippen molar-refractivity contribution < 1.29 is 9.13 Å². The number of nitrogens with two attached hydrogens (primary N) is 1. The number of benzene rings is 1. The van der Waals surface area contributed by atoms with Crippen molar-refractivity contribution in [3.05, 3.63) is 52.4 Å². The molecule has 3 nitrogen and oxygen atoms in total. The second-order valence-electron chi connectivity index (χ2n) is 3.38. The van der Waals surface area contributed by atoms with Crippen LogP contribution in [-0.4, -0.2) is 4.98 Å². The number of hydrogen-bond donors (Lipinski definition) is 1. The maximum absolute atomic E-state index is 13.2. The summed E-state index contributed by atoms with van der Waals surface area (Å²) in [6.45, 7) is 0.319. The summed E-state index contributed by atoms with van der Waals surface area (Å²) in [4.78, 5) is 4.06. The zero-order chi connectivity index (χ0) is 12.3. The Hall–Kier alpha value is -1.46. The topological polar surface area (TPSA) is 48.1 Å². The Kier molecular flexibility index (Phi) is 3.71. The zero-order valence-electron chi connectivity index (χ0n) is 8.86. The normalized spacial score (nSPS) is 10.3. The van der Waals surface area contributed by atoms with Crippen molar-refractivity contribution >= 4 is 15.9 Å². The third-order valence-electron chi connectivity index (χ3n) is 2.12. The van der Waals surface area contributed by atoms with E-state index in [-0.39, 0.29) is 5.82 Å². The lowest BCUT2D eigenvalue weighted by molar-refractivity contribution is 0.451. The molecule has 0 atom stereocenters. The predicted molar refractivity (Wildman–Crippen MR) is 66.3 cm³/mol. The summed E-state index contributed by atoms with van der Waals surface area (Å²) in [5, 5.41) is 0. The van der Waals surface area contributed by atoms with E-state index in [9.17, 15) is 4.39 Å². The average molecular weight is 297 g/mol. The van der Waals surface area contributed by atoms with Gasteiger partial charge in [-0.05, 0) is 18.2 Å². The van der Waals surface area contributed by atoms with Gasteiger partial charge >= 0.3 is 0 Å². The summed E-state index contributed by atoms with van der Waals surface area (Å²) in [5.41, 5.74) is 6.33. The number of halogens is 2. The molecule has 0 bridgehead atoms. The molecule has 1 heterocycles. The minimum atomic E-state index is -0.375. The molecule has 0 aliphatic rings. The van der Waals surface area contributed by atoms with Gasteiger partial charge in [-0.1, -0.05) is 22.0 Å². The maximum atomic E-state index is 13.2. The Balaban J connectivity index is 2.31. The van der Waals surface area contributed by atoms with Gasteiger partial charge in [-0.25, -0.2) is 9.37 Å². The molecule has 1 aromatic heterocycles. The number of rotatable bonds is 3. The fourth-order valence-electron chi connectivity index (χ4n) is 1.37. The highest BCUT2D eigenvalue weighted by Gasteiger charge is 2.06. The minimum absolute atomic E-state index is 0.319. The van der Waals surface area contributed by atoms with Crippen LogP contribution in [0.2, 0.25) is 0 Å². The van der Waals surface area contributed by atoms with Crippen molar-refractivity contribution in [1.82, 2.24) is 4.98 Å². The molecule has 5 heteroatoms. The van der Waals surface area contributed by atoms with Crippen LogP contribution in [0.4, 0.5) is 4.39 Å². The van der Waals surface area contributed by atoms with E-state index in [0.29, 0.717) is 22.6 Å². The van der Waals surface area contributed by atoms with Crippen LogP contribution in [0.15, 0.2) is 41.0 Å². The number of nitrogens with zero attached hydrogens (tertiary/aromatic N) is 1. The average Bonchev–Trinajstić information content (AvgIpc) is 2.28. The Morgan fingerprint density at radius 3 is 2.88 bits per heavy atom. The van der Waals surface area contributed by atoms with Crippen LogP contribution < -0.4 is 10.5 Å². The summed E-state index contributed by atoms with van der Waals surface area (Å²) in [6, 6.07) is 7.90. The summed E-state index contributed by atoms with van der Waals surface area (Å²) < 4.78 is 19.3. The molecular formula is C12H10BrFN2O. The molecule has 0 amide bonds. The van der Waals surface area contributed by atoms with Crippen LogP contribution >= 0.6 is 15.9 Å². The van der Waals surface area contributed by atoms with Crippen LogP contribution in [0, 0.1) is 5.82 Å². The van der Waals surface area contributed by atoms with Crippen molar-refractivity contribution in [2.75, 3.05) is 0 Å².